The van der Waals surface area contributed by atoms with Crippen LogP contribution in [0.1, 0.15) is 25.6 Å². The number of nitrogens with one attached hydrogen (secondary N) is 1. The zero-order valence-electron chi connectivity index (χ0n) is 12.2. The number of ether oxygens (including phenoxy) is 1. The molecule has 108 valence electrons. The van der Waals surface area contributed by atoms with E-state index in [2.05, 4.69) is 29.3 Å². The highest BCUT2D eigenvalue weighted by molar-refractivity contribution is 5.20. The van der Waals surface area contributed by atoms with E-state index in [0.717, 1.165) is 12.2 Å². The molecule has 2 aromatic rings. The zero-order chi connectivity index (χ0) is 14.4. The molecular weight excluding hydrogens is 254 g/mol. The Kier molecular flexibility index (Phi) is 5.12. The fourth-order valence-corrected chi connectivity index (χ4v) is 1.96. The van der Waals surface area contributed by atoms with Crippen molar-refractivity contribution >= 4 is 0 Å². The molecule has 1 aromatic heterocycles. The first-order chi connectivity index (χ1) is 9.69. The van der Waals surface area contributed by atoms with Crippen molar-refractivity contribution in [2.24, 2.45) is 5.92 Å². The Labute approximate surface area is 119 Å². The quantitative estimate of drug-likeness (QED) is 0.841. The minimum absolute atomic E-state index is 0.319. The van der Waals surface area contributed by atoms with Crippen LogP contribution in [0.4, 0.5) is 0 Å². The number of hydrogen-bond donors (Lipinski definition) is 1. The van der Waals surface area contributed by atoms with Crippen LogP contribution in [0.25, 0.3) is 0 Å². The van der Waals surface area contributed by atoms with E-state index in [1.165, 1.54) is 0 Å². The molecule has 0 aliphatic carbocycles. The monoisotopic (exact) mass is 275 g/mol. The molecule has 5 nitrogen and oxygen atoms in total. The molecule has 0 spiro atoms. The van der Waals surface area contributed by atoms with Gasteiger partial charge in [0.15, 0.2) is 6.61 Å². The van der Waals surface area contributed by atoms with Gasteiger partial charge in [-0.3, -0.25) is 0 Å². The molecule has 0 saturated heterocycles. The van der Waals surface area contributed by atoms with Gasteiger partial charge in [0.05, 0.1) is 0 Å². The molecule has 0 radical (unpaired) electrons. The molecule has 0 amide bonds. The Morgan fingerprint density at radius 2 is 2.00 bits per heavy atom. The van der Waals surface area contributed by atoms with Crippen LogP contribution in [0.2, 0.25) is 0 Å². The summed E-state index contributed by atoms with van der Waals surface area (Å²) in [5.41, 5.74) is 0. The van der Waals surface area contributed by atoms with Gasteiger partial charge in [-0.05, 0) is 25.1 Å². The molecule has 1 atom stereocenters. The smallest absolute Gasteiger partial charge is 0.228 e. The van der Waals surface area contributed by atoms with E-state index in [-0.39, 0.29) is 0 Å². The summed E-state index contributed by atoms with van der Waals surface area (Å²) in [6.45, 7) is 4.65. The molecule has 0 aliphatic heterocycles. The van der Waals surface area contributed by atoms with Crippen LogP contribution in [-0.4, -0.2) is 23.2 Å². The summed E-state index contributed by atoms with van der Waals surface area (Å²) in [6, 6.07) is 9.93. The number of nitrogens with zero attached hydrogens (tertiary/aromatic N) is 2. The average Bonchev–Trinajstić information content (AvgIpc) is 2.91. The highest BCUT2D eigenvalue weighted by Crippen LogP contribution is 2.12. The molecule has 0 aliphatic rings. The first-order valence-electron chi connectivity index (χ1n) is 6.85. The van der Waals surface area contributed by atoms with Gasteiger partial charge in [0, 0.05) is 12.5 Å². The Hall–Kier alpha value is -1.88. The molecule has 1 N–H and O–H groups in total. The van der Waals surface area contributed by atoms with E-state index in [4.69, 9.17) is 9.26 Å². The third-order valence-electron chi connectivity index (χ3n) is 3.19. The van der Waals surface area contributed by atoms with Crippen molar-refractivity contribution in [3.05, 3.63) is 42.0 Å². The molecule has 1 heterocycles. The predicted octanol–water partition coefficient (Wildman–Crippen LogP) is 2.44. The largest absolute Gasteiger partial charge is 0.485 e. The molecule has 0 bridgehead atoms. The number of aromatic nitrogens is 2. The maximum atomic E-state index is 5.58. The first kappa shape index (κ1) is 14.5. The van der Waals surface area contributed by atoms with Crippen LogP contribution in [0.15, 0.2) is 34.9 Å². The lowest BCUT2D eigenvalue weighted by Gasteiger charge is -2.17. The fraction of sp³-hybridized carbons (Fsp3) is 0.467. The second kappa shape index (κ2) is 7.05. The topological polar surface area (TPSA) is 60.2 Å². The summed E-state index contributed by atoms with van der Waals surface area (Å²) in [7, 11) is 1.94. The average molecular weight is 275 g/mol. The Morgan fingerprint density at radius 1 is 1.25 bits per heavy atom. The van der Waals surface area contributed by atoms with Gasteiger partial charge in [-0.1, -0.05) is 37.2 Å². The van der Waals surface area contributed by atoms with Crippen molar-refractivity contribution in [3.63, 3.8) is 0 Å². The first-order valence-corrected chi connectivity index (χ1v) is 6.85. The summed E-state index contributed by atoms with van der Waals surface area (Å²) < 4.78 is 10.8. The summed E-state index contributed by atoms with van der Waals surface area (Å²) in [6.07, 6.45) is 0.729. The van der Waals surface area contributed by atoms with Crippen molar-refractivity contribution in [3.8, 4) is 5.75 Å². The van der Waals surface area contributed by atoms with Crippen LogP contribution >= 0.6 is 0 Å². The Bertz CT molecular complexity index is 511. The number of hydrogen-bond acceptors (Lipinski definition) is 5. The third-order valence-corrected chi connectivity index (χ3v) is 3.19. The number of benzene rings is 1. The Balaban J connectivity index is 1.89. The van der Waals surface area contributed by atoms with E-state index < -0.39 is 0 Å². The fourth-order valence-electron chi connectivity index (χ4n) is 1.96. The molecule has 0 fully saturated rings. The van der Waals surface area contributed by atoms with Crippen LogP contribution in [-0.2, 0) is 13.0 Å². The van der Waals surface area contributed by atoms with Gasteiger partial charge in [-0.2, -0.15) is 4.98 Å². The van der Waals surface area contributed by atoms with Gasteiger partial charge in [0.1, 0.15) is 5.75 Å². The zero-order valence-corrected chi connectivity index (χ0v) is 12.2. The second-order valence-electron chi connectivity index (χ2n) is 5.05. The van der Waals surface area contributed by atoms with Crippen LogP contribution in [0.5, 0.6) is 5.75 Å². The summed E-state index contributed by atoms with van der Waals surface area (Å²) in [5, 5.41) is 7.20. The standard InChI is InChI=1S/C15H21N3O2/c1-11(2)13(16-3)9-15-17-14(18-20-15)10-19-12-7-5-4-6-8-12/h4-8,11,13,16H,9-10H2,1-3H3. The summed E-state index contributed by atoms with van der Waals surface area (Å²) >= 11 is 0. The molecule has 0 saturated carbocycles. The maximum Gasteiger partial charge on any atom is 0.228 e. The van der Waals surface area contributed by atoms with Crippen molar-refractivity contribution in [2.45, 2.75) is 32.9 Å². The molecule has 1 unspecified atom stereocenters. The van der Waals surface area contributed by atoms with Crippen LogP contribution in [0.3, 0.4) is 0 Å². The SMILES string of the molecule is CNC(Cc1nc(COc2ccccc2)no1)C(C)C. The number of para-hydroxylation sites is 1. The summed E-state index contributed by atoms with van der Waals surface area (Å²) in [5.74, 6) is 2.53. The van der Waals surface area contributed by atoms with Crippen molar-refractivity contribution in [1.29, 1.82) is 0 Å². The van der Waals surface area contributed by atoms with Gasteiger partial charge in [-0.15, -0.1) is 0 Å². The lowest BCUT2D eigenvalue weighted by atomic mass is 10.0. The molecular formula is C15H21N3O2. The van der Waals surface area contributed by atoms with E-state index in [9.17, 15) is 0 Å². The van der Waals surface area contributed by atoms with Gasteiger partial charge in [-0.25, -0.2) is 0 Å². The van der Waals surface area contributed by atoms with Gasteiger partial charge < -0.3 is 14.6 Å². The third kappa shape index (κ3) is 4.06. The highest BCUT2D eigenvalue weighted by atomic mass is 16.5. The van der Waals surface area contributed by atoms with Crippen molar-refractivity contribution < 1.29 is 9.26 Å². The minimum Gasteiger partial charge on any atom is -0.485 e. The van der Waals surface area contributed by atoms with Crippen molar-refractivity contribution in [1.82, 2.24) is 15.5 Å². The molecule has 1 aromatic carbocycles. The van der Waals surface area contributed by atoms with Gasteiger partial charge >= 0.3 is 0 Å². The molecule has 20 heavy (non-hydrogen) atoms. The van der Waals surface area contributed by atoms with E-state index in [1.54, 1.807) is 0 Å². The lowest BCUT2D eigenvalue weighted by Crippen LogP contribution is -2.32. The highest BCUT2D eigenvalue weighted by Gasteiger charge is 2.16. The van der Waals surface area contributed by atoms with E-state index in [1.807, 2.05) is 37.4 Å². The summed E-state index contributed by atoms with van der Waals surface area (Å²) in [4.78, 5) is 4.35. The van der Waals surface area contributed by atoms with Crippen LogP contribution < -0.4 is 10.1 Å². The van der Waals surface area contributed by atoms with E-state index in [0.29, 0.717) is 30.3 Å². The maximum absolute atomic E-state index is 5.58. The van der Waals surface area contributed by atoms with E-state index >= 15 is 0 Å². The van der Waals surface area contributed by atoms with Gasteiger partial charge in [0.25, 0.3) is 0 Å². The van der Waals surface area contributed by atoms with Crippen molar-refractivity contribution in [2.75, 3.05) is 7.05 Å². The van der Waals surface area contributed by atoms with Gasteiger partial charge in [0.2, 0.25) is 11.7 Å². The Morgan fingerprint density at radius 3 is 2.65 bits per heavy atom. The molecule has 5 heteroatoms. The number of rotatable bonds is 7. The lowest BCUT2D eigenvalue weighted by molar-refractivity contribution is 0.283. The minimum atomic E-state index is 0.319. The number of likely N-dealkylation sites (N-methyl/N-ethyl adjacent to an activating group) is 1. The molecule has 2 rings (SSSR count). The normalized spacial score (nSPS) is 12.6. The van der Waals surface area contributed by atoms with Crippen LogP contribution in [0, 0.1) is 5.92 Å². The second-order valence-corrected chi connectivity index (χ2v) is 5.05. The predicted molar refractivity (Wildman–Crippen MR) is 76.5 cm³/mol.